The van der Waals surface area contributed by atoms with E-state index in [-0.39, 0.29) is 23.6 Å². The fraction of sp³-hybridized carbons (Fsp3) is 0.294. The van der Waals surface area contributed by atoms with Crippen molar-refractivity contribution in [2.24, 2.45) is 0 Å². The molecule has 0 bridgehead atoms. The Balaban J connectivity index is 0.879. The van der Waals surface area contributed by atoms with Crippen LogP contribution in [-0.4, -0.2) is 95.6 Å². The highest BCUT2D eigenvalue weighted by Gasteiger charge is 2.41. The van der Waals surface area contributed by atoms with E-state index < -0.39 is 0 Å². The van der Waals surface area contributed by atoms with Crippen LogP contribution in [0.1, 0.15) is 32.4 Å². The maximum atomic E-state index is 13.4. The van der Waals surface area contributed by atoms with Crippen LogP contribution in [0.4, 0.5) is 0 Å². The minimum absolute atomic E-state index is 0.198. The van der Waals surface area contributed by atoms with E-state index in [2.05, 4.69) is 9.80 Å². The molecule has 236 valence electrons. The van der Waals surface area contributed by atoms with Crippen molar-refractivity contribution in [3.05, 3.63) is 89.6 Å². The Hall–Kier alpha value is -3.52. The van der Waals surface area contributed by atoms with Crippen LogP contribution in [0, 0.1) is 0 Å². The lowest BCUT2D eigenvalue weighted by atomic mass is 10.1. The predicted molar refractivity (Wildman–Crippen MR) is 186 cm³/mol. The third kappa shape index (κ3) is 6.01. The normalized spacial score (nSPS) is 18.3. The van der Waals surface area contributed by atoms with Gasteiger partial charge in [-0.2, -0.15) is 0 Å². The number of carbonyl (C=O) groups excluding carboxylic acids is 4. The number of imide groups is 2. The van der Waals surface area contributed by atoms with Gasteiger partial charge in [0.05, 0.1) is 22.3 Å². The van der Waals surface area contributed by atoms with Gasteiger partial charge in [0.1, 0.15) is 0 Å². The van der Waals surface area contributed by atoms with Gasteiger partial charge in [-0.25, -0.2) is 0 Å². The SMILES string of the molecule is O=C1C(c2cccs2)=C(c2cccs2)C(=O)N1CCCN1CCN(CCCN2C(=O)C(c3cccs3)=C(c3cccs3)C2=O)CC1. The molecule has 0 atom stereocenters. The summed E-state index contributed by atoms with van der Waals surface area (Å²) in [5.74, 6) is -0.793. The lowest BCUT2D eigenvalue weighted by molar-refractivity contribution is -0.137. The molecule has 12 heteroatoms. The summed E-state index contributed by atoms with van der Waals surface area (Å²) >= 11 is 5.94. The molecule has 1 saturated heterocycles. The number of thiophene rings is 4. The molecule has 0 aliphatic carbocycles. The van der Waals surface area contributed by atoms with Crippen molar-refractivity contribution in [3.8, 4) is 0 Å². The summed E-state index contributed by atoms with van der Waals surface area (Å²) in [4.78, 5) is 64.7. The van der Waals surface area contributed by atoms with E-state index in [1.165, 1.54) is 55.1 Å². The van der Waals surface area contributed by atoms with Crippen molar-refractivity contribution in [1.29, 1.82) is 0 Å². The molecule has 8 nitrogen and oxygen atoms in total. The van der Waals surface area contributed by atoms with Crippen LogP contribution < -0.4 is 0 Å². The van der Waals surface area contributed by atoms with E-state index in [1.54, 1.807) is 0 Å². The fourth-order valence-corrected chi connectivity index (χ4v) is 9.37. The summed E-state index contributed by atoms with van der Waals surface area (Å²) < 4.78 is 0. The van der Waals surface area contributed by atoms with Gasteiger partial charge in [0.2, 0.25) is 0 Å². The summed E-state index contributed by atoms with van der Waals surface area (Å²) in [7, 11) is 0. The van der Waals surface area contributed by atoms with E-state index in [1.807, 2.05) is 70.1 Å². The second-order valence-electron chi connectivity index (χ2n) is 11.3. The fourth-order valence-electron chi connectivity index (χ4n) is 6.30. The van der Waals surface area contributed by atoms with E-state index >= 15 is 0 Å². The first-order valence-electron chi connectivity index (χ1n) is 15.3. The van der Waals surface area contributed by atoms with Gasteiger partial charge in [-0.1, -0.05) is 24.3 Å². The first-order valence-corrected chi connectivity index (χ1v) is 18.8. The molecule has 4 amide bonds. The monoisotopic (exact) mass is 688 g/mol. The number of hydrogen-bond donors (Lipinski definition) is 0. The van der Waals surface area contributed by atoms with Crippen LogP contribution in [0.15, 0.2) is 70.1 Å². The quantitative estimate of drug-likeness (QED) is 0.181. The standard InChI is InChI=1S/C34H32N4O4S4/c39-31-27(23-7-1-19-43-23)28(24-8-2-20-44-24)32(40)37(31)13-5-11-35-15-17-36(18-16-35)12-6-14-38-33(41)29(25-9-3-21-45-25)30(34(38)42)26-10-4-22-46-26/h1-4,7-10,19-22H,5-6,11-18H2. The van der Waals surface area contributed by atoms with Crippen molar-refractivity contribution in [1.82, 2.24) is 19.6 Å². The Kier molecular flexibility index (Phi) is 9.25. The average Bonchev–Trinajstić information content (AvgIpc) is 3.90. The minimum Gasteiger partial charge on any atom is -0.301 e. The predicted octanol–water partition coefficient (Wildman–Crippen LogP) is 5.59. The smallest absolute Gasteiger partial charge is 0.263 e. The van der Waals surface area contributed by atoms with Gasteiger partial charge in [-0.3, -0.25) is 29.0 Å². The van der Waals surface area contributed by atoms with Gasteiger partial charge < -0.3 is 9.80 Å². The van der Waals surface area contributed by atoms with Crippen LogP contribution in [-0.2, 0) is 19.2 Å². The van der Waals surface area contributed by atoms with Crippen molar-refractivity contribution in [2.75, 3.05) is 52.4 Å². The molecule has 7 rings (SSSR count). The topological polar surface area (TPSA) is 81.2 Å². The summed E-state index contributed by atoms with van der Waals surface area (Å²) in [5.41, 5.74) is 2.09. The minimum atomic E-state index is -0.198. The molecule has 46 heavy (non-hydrogen) atoms. The van der Waals surface area contributed by atoms with Gasteiger partial charge in [0.15, 0.2) is 0 Å². The van der Waals surface area contributed by atoms with Crippen LogP contribution in [0.25, 0.3) is 22.3 Å². The maximum Gasteiger partial charge on any atom is 0.263 e. The average molecular weight is 689 g/mol. The highest BCUT2D eigenvalue weighted by Crippen LogP contribution is 2.40. The van der Waals surface area contributed by atoms with E-state index in [9.17, 15) is 19.2 Å². The Morgan fingerprint density at radius 2 is 0.717 bits per heavy atom. The van der Waals surface area contributed by atoms with Crippen LogP contribution in [0.5, 0.6) is 0 Å². The summed E-state index contributed by atoms with van der Waals surface area (Å²) in [5, 5.41) is 7.73. The first kappa shape index (κ1) is 31.1. The van der Waals surface area contributed by atoms with Gasteiger partial charge >= 0.3 is 0 Å². The molecule has 3 aliphatic heterocycles. The Bertz CT molecular complexity index is 1540. The molecule has 4 aromatic rings. The highest BCUT2D eigenvalue weighted by molar-refractivity contribution is 7.14. The van der Waals surface area contributed by atoms with Gasteiger partial charge in [0.25, 0.3) is 23.6 Å². The zero-order valence-electron chi connectivity index (χ0n) is 25.1. The lowest BCUT2D eigenvalue weighted by Gasteiger charge is -2.35. The summed E-state index contributed by atoms with van der Waals surface area (Å²) in [6, 6.07) is 15.3. The van der Waals surface area contributed by atoms with Crippen molar-refractivity contribution < 1.29 is 19.2 Å². The van der Waals surface area contributed by atoms with Crippen LogP contribution in [0.2, 0.25) is 0 Å². The molecule has 0 spiro atoms. The van der Waals surface area contributed by atoms with Gasteiger partial charge in [-0.05, 0) is 71.7 Å². The number of nitrogens with zero attached hydrogens (tertiary/aromatic N) is 4. The molecule has 0 aromatic carbocycles. The van der Waals surface area contributed by atoms with Crippen LogP contribution in [0.3, 0.4) is 0 Å². The largest absolute Gasteiger partial charge is 0.301 e. The van der Waals surface area contributed by atoms with Crippen LogP contribution >= 0.6 is 45.3 Å². The van der Waals surface area contributed by atoms with Gasteiger partial charge in [0, 0.05) is 58.8 Å². The number of amides is 4. The molecule has 3 aliphatic rings. The van der Waals surface area contributed by atoms with Gasteiger partial charge in [-0.15, -0.1) is 45.3 Å². The Morgan fingerprint density at radius 1 is 0.435 bits per heavy atom. The number of hydrogen-bond acceptors (Lipinski definition) is 10. The molecule has 0 saturated carbocycles. The lowest BCUT2D eigenvalue weighted by Crippen LogP contribution is -2.47. The van der Waals surface area contributed by atoms with E-state index in [4.69, 9.17) is 0 Å². The molecule has 4 aromatic heterocycles. The molecule has 0 radical (unpaired) electrons. The summed E-state index contributed by atoms with van der Waals surface area (Å²) in [6.07, 6.45) is 1.44. The zero-order valence-corrected chi connectivity index (χ0v) is 28.3. The van der Waals surface area contributed by atoms with Crippen molar-refractivity contribution in [3.63, 3.8) is 0 Å². The molecule has 0 unspecified atom stereocenters. The number of piperazine rings is 1. The summed E-state index contributed by atoms with van der Waals surface area (Å²) in [6.45, 7) is 6.01. The van der Waals surface area contributed by atoms with Crippen molar-refractivity contribution in [2.45, 2.75) is 12.8 Å². The molecule has 1 fully saturated rings. The molecular formula is C34H32N4O4S4. The van der Waals surface area contributed by atoms with E-state index in [0.29, 0.717) is 35.4 Å². The van der Waals surface area contributed by atoms with E-state index in [0.717, 1.165) is 71.6 Å². The second-order valence-corrected chi connectivity index (χ2v) is 15.1. The number of rotatable bonds is 12. The Labute approximate surface area is 283 Å². The van der Waals surface area contributed by atoms with Crippen molar-refractivity contribution >= 4 is 91.3 Å². The molecule has 7 heterocycles. The second kappa shape index (κ2) is 13.7. The third-order valence-electron chi connectivity index (χ3n) is 8.58. The Morgan fingerprint density at radius 3 is 0.957 bits per heavy atom. The first-order chi connectivity index (χ1) is 22.5. The zero-order chi connectivity index (χ0) is 31.6. The highest BCUT2D eigenvalue weighted by atomic mass is 32.1. The molecule has 0 N–H and O–H groups in total. The number of carbonyl (C=O) groups is 4. The third-order valence-corrected chi connectivity index (χ3v) is 12.1. The molecular weight excluding hydrogens is 657 g/mol. The maximum absolute atomic E-state index is 13.4.